The highest BCUT2D eigenvalue weighted by molar-refractivity contribution is 6.10. The molecule has 3 aromatic rings. The van der Waals surface area contributed by atoms with Crippen molar-refractivity contribution in [1.82, 2.24) is 0 Å². The molecule has 0 heterocycles. The highest BCUT2D eigenvalue weighted by Crippen LogP contribution is 2.31. The fraction of sp³-hybridized carbons (Fsp3) is 0.185. The molecule has 0 radical (unpaired) electrons. The molecular formula is C27H23F6N3O. The van der Waals surface area contributed by atoms with E-state index in [1.165, 1.54) is 67.6 Å². The van der Waals surface area contributed by atoms with Gasteiger partial charge in [0.15, 0.2) is 0 Å². The van der Waals surface area contributed by atoms with Gasteiger partial charge in [0.05, 0.1) is 17.8 Å². The number of aliphatic imine (C=N–C) groups is 1. The van der Waals surface area contributed by atoms with Crippen LogP contribution >= 0.6 is 0 Å². The lowest BCUT2D eigenvalue weighted by molar-refractivity contribution is -0.115. The second-order valence-corrected chi connectivity index (χ2v) is 8.13. The molecule has 3 aromatic carbocycles. The van der Waals surface area contributed by atoms with Crippen molar-refractivity contribution in [1.29, 1.82) is 0 Å². The first-order valence-corrected chi connectivity index (χ1v) is 11.1. The first-order valence-electron chi connectivity index (χ1n) is 11.1. The zero-order valence-electron chi connectivity index (χ0n) is 19.6. The molecule has 194 valence electrons. The molecule has 10 heteroatoms. The minimum absolute atomic E-state index is 0.0475. The second-order valence-electron chi connectivity index (χ2n) is 8.13. The van der Waals surface area contributed by atoms with E-state index >= 15 is 0 Å². The average Bonchev–Trinajstić information content (AvgIpc) is 2.85. The smallest absolute Gasteiger partial charge is 0.395 e. The number of amides is 1. The Hall–Kier alpha value is -4.08. The Balaban J connectivity index is 1.74. The van der Waals surface area contributed by atoms with E-state index in [-0.39, 0.29) is 41.3 Å². The largest absolute Gasteiger partial charge is 0.430 e. The summed E-state index contributed by atoms with van der Waals surface area (Å²) in [6.45, 7) is 1.39. The van der Waals surface area contributed by atoms with Gasteiger partial charge in [-0.2, -0.15) is 13.2 Å². The third-order valence-corrected chi connectivity index (χ3v) is 5.35. The molecule has 37 heavy (non-hydrogen) atoms. The number of hydrogen-bond donors (Lipinski definition) is 2. The Bertz CT molecular complexity index is 1280. The number of alkyl halides is 5. The summed E-state index contributed by atoms with van der Waals surface area (Å²) >= 11 is 0. The minimum Gasteiger partial charge on any atom is -0.395 e. The Morgan fingerprint density at radius 1 is 0.919 bits per heavy atom. The van der Waals surface area contributed by atoms with Gasteiger partial charge >= 0.3 is 6.18 Å². The molecule has 3 rings (SSSR count). The molecule has 0 spiro atoms. The van der Waals surface area contributed by atoms with Crippen LogP contribution in [-0.4, -0.2) is 17.8 Å². The maximum Gasteiger partial charge on any atom is 0.430 e. The zero-order chi connectivity index (χ0) is 27.2. The van der Waals surface area contributed by atoms with E-state index in [2.05, 4.69) is 10.3 Å². The van der Waals surface area contributed by atoms with Crippen LogP contribution in [0.2, 0.25) is 0 Å². The number of allylic oxidation sites excluding steroid dienone is 2. The molecule has 4 nitrogen and oxygen atoms in total. The number of carbonyl (C=O) groups is 1. The third kappa shape index (κ3) is 7.70. The second kappa shape index (κ2) is 11.3. The molecule has 0 saturated heterocycles. The molecule has 0 aromatic heterocycles. The summed E-state index contributed by atoms with van der Waals surface area (Å²) < 4.78 is 79.7. The maximum atomic E-state index is 13.7. The van der Waals surface area contributed by atoms with E-state index in [1.54, 1.807) is 0 Å². The quantitative estimate of drug-likeness (QED) is 0.248. The monoisotopic (exact) mass is 519 g/mol. The molecule has 0 atom stereocenters. The lowest BCUT2D eigenvalue weighted by Gasteiger charge is -2.14. The summed E-state index contributed by atoms with van der Waals surface area (Å²) in [6, 6.07) is 16.2. The summed E-state index contributed by atoms with van der Waals surface area (Å²) in [4.78, 5) is 16.6. The molecule has 0 aliphatic carbocycles. The molecule has 0 bridgehead atoms. The summed E-state index contributed by atoms with van der Waals surface area (Å²) in [6.07, 6.45) is -4.49. The SMILES string of the molecule is CCC(F)(F)c1ccc(CC(=O)Nc2ccc(N=C(C=C(N)C(F)(F)F)c3ccc(F)cc3)cc2)cc1. The lowest BCUT2D eigenvalue weighted by atomic mass is 10.0. The molecule has 0 aliphatic rings. The molecule has 1 amide bonds. The zero-order valence-corrected chi connectivity index (χ0v) is 19.6. The van der Waals surface area contributed by atoms with Gasteiger partial charge in [-0.05, 0) is 60.2 Å². The molecule has 0 fully saturated rings. The number of carbonyl (C=O) groups excluding carboxylic acids is 1. The standard InChI is InChI=1S/C27H23F6N3O/c1-2-26(29,30)19-7-3-17(4-8-19)15-25(37)36-22-13-11-21(12-14-22)35-23(16-24(34)27(31,32)33)18-5-9-20(28)10-6-18/h3-14,16H,2,15,34H2,1H3,(H,36,37). The van der Waals surface area contributed by atoms with Gasteiger partial charge in [0.2, 0.25) is 5.91 Å². The average molecular weight is 519 g/mol. The molecule has 3 N–H and O–H groups in total. The van der Waals surface area contributed by atoms with Crippen LogP contribution in [-0.2, 0) is 17.1 Å². The van der Waals surface area contributed by atoms with Crippen molar-refractivity contribution in [2.24, 2.45) is 10.7 Å². The molecule has 0 unspecified atom stereocenters. The number of nitrogens with two attached hydrogens (primary N) is 1. The Kier molecular flexibility index (Phi) is 8.42. The van der Waals surface area contributed by atoms with E-state index in [9.17, 15) is 31.1 Å². The van der Waals surface area contributed by atoms with Crippen LogP contribution < -0.4 is 11.1 Å². The lowest BCUT2D eigenvalue weighted by Crippen LogP contribution is -2.20. The first-order chi connectivity index (χ1) is 17.4. The first kappa shape index (κ1) is 27.5. The summed E-state index contributed by atoms with van der Waals surface area (Å²) in [5.74, 6) is -3.89. The number of hydrogen-bond acceptors (Lipinski definition) is 3. The van der Waals surface area contributed by atoms with E-state index in [1.807, 2.05) is 0 Å². The van der Waals surface area contributed by atoms with Crippen LogP contribution in [0.5, 0.6) is 0 Å². The van der Waals surface area contributed by atoms with Crippen molar-refractivity contribution in [3.8, 4) is 0 Å². The van der Waals surface area contributed by atoms with Crippen molar-refractivity contribution in [3.05, 3.63) is 107 Å². The molecule has 0 saturated carbocycles. The topological polar surface area (TPSA) is 67.5 Å². The Labute approximate surface area is 209 Å². The van der Waals surface area contributed by atoms with Crippen LogP contribution in [0.4, 0.5) is 37.7 Å². The number of nitrogens with zero attached hydrogens (tertiary/aromatic N) is 1. The van der Waals surface area contributed by atoms with Crippen molar-refractivity contribution < 1.29 is 31.1 Å². The van der Waals surface area contributed by atoms with Gasteiger partial charge in [-0.15, -0.1) is 0 Å². The minimum atomic E-state index is -4.77. The van der Waals surface area contributed by atoms with Gasteiger partial charge in [-0.3, -0.25) is 4.79 Å². The van der Waals surface area contributed by atoms with Crippen molar-refractivity contribution in [2.75, 3.05) is 5.32 Å². The van der Waals surface area contributed by atoms with E-state index in [4.69, 9.17) is 5.73 Å². The highest BCUT2D eigenvalue weighted by atomic mass is 19.4. The summed E-state index contributed by atoms with van der Waals surface area (Å²) in [5, 5.41) is 2.66. The van der Waals surface area contributed by atoms with E-state index in [0.717, 1.165) is 12.1 Å². The molecule has 0 aliphatic heterocycles. The van der Waals surface area contributed by atoms with Gasteiger partial charge in [0, 0.05) is 23.2 Å². The third-order valence-electron chi connectivity index (χ3n) is 5.35. The van der Waals surface area contributed by atoms with Crippen LogP contribution in [0.3, 0.4) is 0 Å². The van der Waals surface area contributed by atoms with Gasteiger partial charge < -0.3 is 11.1 Å². The Morgan fingerprint density at radius 3 is 2.05 bits per heavy atom. The van der Waals surface area contributed by atoms with Crippen molar-refractivity contribution >= 4 is 23.0 Å². The van der Waals surface area contributed by atoms with E-state index < -0.39 is 23.6 Å². The summed E-state index contributed by atoms with van der Waals surface area (Å²) in [5.41, 5.74) is 4.94. The number of halogens is 6. The fourth-order valence-electron chi connectivity index (χ4n) is 3.25. The normalized spacial score (nSPS) is 12.9. The number of nitrogens with one attached hydrogen (secondary N) is 1. The Morgan fingerprint density at radius 2 is 1.51 bits per heavy atom. The fourth-order valence-corrected chi connectivity index (χ4v) is 3.25. The summed E-state index contributed by atoms with van der Waals surface area (Å²) in [7, 11) is 0. The van der Waals surface area contributed by atoms with Crippen molar-refractivity contribution in [2.45, 2.75) is 31.9 Å². The van der Waals surface area contributed by atoms with Crippen LogP contribution in [0.1, 0.15) is 30.0 Å². The van der Waals surface area contributed by atoms with Crippen LogP contribution in [0, 0.1) is 5.82 Å². The predicted molar refractivity (Wildman–Crippen MR) is 130 cm³/mol. The van der Waals surface area contributed by atoms with Crippen molar-refractivity contribution in [3.63, 3.8) is 0 Å². The predicted octanol–water partition coefficient (Wildman–Crippen LogP) is 7.03. The van der Waals surface area contributed by atoms with Crippen LogP contribution in [0.25, 0.3) is 0 Å². The van der Waals surface area contributed by atoms with Gasteiger partial charge in [-0.25, -0.2) is 18.2 Å². The number of rotatable bonds is 8. The molecular weight excluding hydrogens is 496 g/mol. The van der Waals surface area contributed by atoms with Gasteiger partial charge in [-0.1, -0.05) is 31.2 Å². The van der Waals surface area contributed by atoms with Crippen LogP contribution in [0.15, 0.2) is 89.6 Å². The number of benzene rings is 3. The van der Waals surface area contributed by atoms with Gasteiger partial charge in [0.1, 0.15) is 11.5 Å². The maximum absolute atomic E-state index is 13.7. The van der Waals surface area contributed by atoms with Gasteiger partial charge in [0.25, 0.3) is 5.92 Å². The highest BCUT2D eigenvalue weighted by Gasteiger charge is 2.32. The number of anilines is 1. The van der Waals surface area contributed by atoms with E-state index in [0.29, 0.717) is 17.3 Å².